The normalized spacial score (nSPS) is 27.6. The van der Waals surface area contributed by atoms with Crippen LogP contribution in [-0.4, -0.2) is 41.5 Å². The topological polar surface area (TPSA) is 84.9 Å². The maximum Gasteiger partial charge on any atom is 0.408 e. The molecule has 0 aromatic carbocycles. The molecule has 0 aromatic rings. The standard InChI is InChI=1S/C15H27NO5/c1-14(2,3)21-13(18)16-11(12(17)20-5)10-6-8-15(4,19)9-7-10/h10-11,19H,6-9H2,1-5H3,(H,16,18)/t10?,11-,15?/m1/s1. The Morgan fingerprint density at radius 1 is 1.29 bits per heavy atom. The molecule has 1 aliphatic carbocycles. The molecule has 1 amide bonds. The van der Waals surface area contributed by atoms with Crippen LogP contribution < -0.4 is 5.32 Å². The van der Waals surface area contributed by atoms with Gasteiger partial charge < -0.3 is 19.9 Å². The van der Waals surface area contributed by atoms with E-state index in [0.29, 0.717) is 25.7 Å². The molecule has 0 aliphatic heterocycles. The molecule has 122 valence electrons. The molecule has 6 nitrogen and oxygen atoms in total. The van der Waals surface area contributed by atoms with Crippen LogP contribution in [0.4, 0.5) is 4.79 Å². The molecule has 0 bridgehead atoms. The van der Waals surface area contributed by atoms with Crippen molar-refractivity contribution in [3.05, 3.63) is 0 Å². The van der Waals surface area contributed by atoms with Crippen molar-refractivity contribution in [3.8, 4) is 0 Å². The largest absolute Gasteiger partial charge is 0.467 e. The zero-order chi connectivity index (χ0) is 16.3. The SMILES string of the molecule is COC(=O)[C@H](NC(=O)OC(C)(C)C)C1CCC(C)(O)CC1. The van der Waals surface area contributed by atoms with Crippen molar-refractivity contribution < 1.29 is 24.2 Å². The molecular formula is C15H27NO5. The van der Waals surface area contributed by atoms with Crippen LogP contribution in [-0.2, 0) is 14.3 Å². The number of nitrogens with one attached hydrogen (secondary N) is 1. The van der Waals surface area contributed by atoms with Crippen LogP contribution in [0.25, 0.3) is 0 Å². The van der Waals surface area contributed by atoms with Crippen LogP contribution in [0.3, 0.4) is 0 Å². The van der Waals surface area contributed by atoms with E-state index in [1.54, 1.807) is 27.7 Å². The molecule has 0 spiro atoms. The van der Waals surface area contributed by atoms with Gasteiger partial charge in [-0.2, -0.15) is 0 Å². The van der Waals surface area contributed by atoms with Gasteiger partial charge in [0.15, 0.2) is 0 Å². The number of hydrogen-bond donors (Lipinski definition) is 2. The minimum atomic E-state index is -0.735. The Kier molecular flexibility index (Phi) is 5.61. The number of carbonyl (C=O) groups is 2. The Labute approximate surface area is 126 Å². The van der Waals surface area contributed by atoms with E-state index in [4.69, 9.17) is 9.47 Å². The number of amides is 1. The number of hydrogen-bond acceptors (Lipinski definition) is 5. The minimum absolute atomic E-state index is 0.0507. The van der Waals surface area contributed by atoms with Crippen LogP contribution in [0, 0.1) is 5.92 Å². The first-order valence-electron chi connectivity index (χ1n) is 7.34. The fraction of sp³-hybridized carbons (Fsp3) is 0.867. The van der Waals surface area contributed by atoms with Crippen LogP contribution in [0.1, 0.15) is 53.4 Å². The van der Waals surface area contributed by atoms with Gasteiger partial charge in [0.1, 0.15) is 11.6 Å². The van der Waals surface area contributed by atoms with E-state index < -0.39 is 29.3 Å². The van der Waals surface area contributed by atoms with Crippen LogP contribution >= 0.6 is 0 Å². The molecule has 1 saturated carbocycles. The van der Waals surface area contributed by atoms with Crippen LogP contribution in [0.5, 0.6) is 0 Å². The minimum Gasteiger partial charge on any atom is -0.467 e. The average molecular weight is 301 g/mol. The lowest BCUT2D eigenvalue weighted by atomic mass is 9.77. The molecule has 2 N–H and O–H groups in total. The summed E-state index contributed by atoms with van der Waals surface area (Å²) in [5, 5.41) is 12.6. The van der Waals surface area contributed by atoms with Crippen molar-refractivity contribution in [2.45, 2.75) is 70.6 Å². The van der Waals surface area contributed by atoms with E-state index in [0.717, 1.165) is 0 Å². The predicted octanol–water partition coefficient (Wildman–Crippen LogP) is 1.99. The van der Waals surface area contributed by atoms with Crippen molar-refractivity contribution in [2.75, 3.05) is 7.11 Å². The second-order valence-electron chi connectivity index (χ2n) is 6.98. The summed E-state index contributed by atoms with van der Waals surface area (Å²) in [7, 11) is 1.30. The van der Waals surface area contributed by atoms with E-state index in [1.165, 1.54) is 7.11 Å². The summed E-state index contributed by atoms with van der Waals surface area (Å²) < 4.78 is 9.96. The summed E-state index contributed by atoms with van der Waals surface area (Å²) in [5.74, 6) is -0.530. The van der Waals surface area contributed by atoms with Crippen LogP contribution in [0.2, 0.25) is 0 Å². The summed E-state index contributed by atoms with van der Waals surface area (Å²) in [4.78, 5) is 23.8. The average Bonchev–Trinajstić information content (AvgIpc) is 2.33. The first kappa shape index (κ1) is 17.8. The van der Waals surface area contributed by atoms with Crippen molar-refractivity contribution in [1.82, 2.24) is 5.32 Å². The van der Waals surface area contributed by atoms with Gasteiger partial charge in [-0.1, -0.05) is 0 Å². The third kappa shape index (κ3) is 5.91. The lowest BCUT2D eigenvalue weighted by Crippen LogP contribution is -2.50. The van der Waals surface area contributed by atoms with Gasteiger partial charge in [0.05, 0.1) is 12.7 Å². The monoisotopic (exact) mass is 301 g/mol. The molecule has 1 fully saturated rings. The molecule has 0 saturated heterocycles. The highest BCUT2D eigenvalue weighted by atomic mass is 16.6. The first-order chi connectivity index (χ1) is 9.54. The van der Waals surface area contributed by atoms with E-state index in [9.17, 15) is 14.7 Å². The molecule has 0 radical (unpaired) electrons. The Balaban J connectivity index is 2.69. The molecule has 1 atom stereocenters. The summed E-state index contributed by atoms with van der Waals surface area (Å²) >= 11 is 0. The van der Waals surface area contributed by atoms with E-state index >= 15 is 0 Å². The van der Waals surface area contributed by atoms with E-state index in [-0.39, 0.29) is 5.92 Å². The van der Waals surface area contributed by atoms with Crippen LogP contribution in [0.15, 0.2) is 0 Å². The zero-order valence-corrected chi connectivity index (χ0v) is 13.6. The summed E-state index contributed by atoms with van der Waals surface area (Å²) in [6, 6.07) is -0.735. The number of aliphatic hydroxyl groups is 1. The molecule has 0 aromatic heterocycles. The molecule has 1 rings (SSSR count). The fourth-order valence-electron chi connectivity index (χ4n) is 2.53. The highest BCUT2D eigenvalue weighted by Gasteiger charge is 2.37. The van der Waals surface area contributed by atoms with Crippen molar-refractivity contribution in [1.29, 1.82) is 0 Å². The third-order valence-electron chi connectivity index (χ3n) is 3.71. The number of esters is 1. The lowest BCUT2D eigenvalue weighted by Gasteiger charge is -2.36. The number of alkyl carbamates (subject to hydrolysis) is 1. The fourth-order valence-corrected chi connectivity index (χ4v) is 2.53. The van der Waals surface area contributed by atoms with Crippen molar-refractivity contribution >= 4 is 12.1 Å². The molecule has 6 heteroatoms. The summed E-state index contributed by atoms with van der Waals surface area (Å²) in [5.41, 5.74) is -1.32. The predicted molar refractivity (Wildman–Crippen MR) is 77.8 cm³/mol. The second kappa shape index (κ2) is 6.64. The lowest BCUT2D eigenvalue weighted by molar-refractivity contribution is -0.145. The summed E-state index contributed by atoms with van der Waals surface area (Å²) in [6.07, 6.45) is 1.88. The smallest absolute Gasteiger partial charge is 0.408 e. The highest BCUT2D eigenvalue weighted by molar-refractivity contribution is 5.81. The molecule has 0 heterocycles. The molecule has 1 aliphatic rings. The van der Waals surface area contributed by atoms with Gasteiger partial charge in [0.2, 0.25) is 0 Å². The van der Waals surface area contributed by atoms with Crippen molar-refractivity contribution in [3.63, 3.8) is 0 Å². The number of rotatable bonds is 3. The van der Waals surface area contributed by atoms with Gasteiger partial charge in [-0.15, -0.1) is 0 Å². The van der Waals surface area contributed by atoms with Gasteiger partial charge >= 0.3 is 12.1 Å². The Bertz CT molecular complexity index is 376. The first-order valence-corrected chi connectivity index (χ1v) is 7.34. The Morgan fingerprint density at radius 2 is 1.81 bits per heavy atom. The number of carbonyl (C=O) groups excluding carboxylic acids is 2. The quantitative estimate of drug-likeness (QED) is 0.779. The Hall–Kier alpha value is -1.30. The molecule has 21 heavy (non-hydrogen) atoms. The third-order valence-corrected chi connectivity index (χ3v) is 3.71. The number of methoxy groups -OCH3 is 1. The summed E-state index contributed by atoms with van der Waals surface area (Å²) in [6.45, 7) is 7.07. The zero-order valence-electron chi connectivity index (χ0n) is 13.6. The molecular weight excluding hydrogens is 274 g/mol. The van der Waals surface area contributed by atoms with Crippen molar-refractivity contribution in [2.24, 2.45) is 5.92 Å². The van der Waals surface area contributed by atoms with E-state index in [1.807, 2.05) is 0 Å². The molecule has 0 unspecified atom stereocenters. The maximum absolute atomic E-state index is 11.9. The highest BCUT2D eigenvalue weighted by Crippen LogP contribution is 2.33. The second-order valence-corrected chi connectivity index (χ2v) is 6.98. The van der Waals surface area contributed by atoms with Gasteiger partial charge in [-0.05, 0) is 59.3 Å². The van der Waals surface area contributed by atoms with Gasteiger partial charge in [0.25, 0.3) is 0 Å². The van der Waals surface area contributed by atoms with Gasteiger partial charge in [-0.3, -0.25) is 0 Å². The maximum atomic E-state index is 11.9. The van der Waals surface area contributed by atoms with Gasteiger partial charge in [0, 0.05) is 0 Å². The van der Waals surface area contributed by atoms with E-state index in [2.05, 4.69) is 5.32 Å². The Morgan fingerprint density at radius 3 is 2.24 bits per heavy atom. The van der Waals surface area contributed by atoms with Gasteiger partial charge in [-0.25, -0.2) is 9.59 Å². The number of ether oxygens (including phenoxy) is 2.